The van der Waals surface area contributed by atoms with Crippen LogP contribution in [0.5, 0.6) is 0 Å². The fraction of sp³-hybridized carbons (Fsp3) is 0.118. The van der Waals surface area contributed by atoms with Crippen LogP contribution >= 0.6 is 0 Å². The van der Waals surface area contributed by atoms with Gasteiger partial charge in [-0.05, 0) is 19.1 Å². The van der Waals surface area contributed by atoms with Crippen LogP contribution in [0.2, 0.25) is 0 Å². The average Bonchev–Trinajstić information content (AvgIpc) is 3.00. The van der Waals surface area contributed by atoms with Gasteiger partial charge in [0.15, 0.2) is 5.76 Å². The second-order valence-electron chi connectivity index (χ2n) is 5.66. The summed E-state index contributed by atoms with van der Waals surface area (Å²) in [6, 6.07) is 8.21. The highest BCUT2D eigenvalue weighted by Crippen LogP contribution is 2.37. The molecule has 0 radical (unpaired) electrons. The first-order valence-corrected chi connectivity index (χ1v) is 8.95. The van der Waals surface area contributed by atoms with Crippen molar-refractivity contribution in [3.63, 3.8) is 0 Å². The fourth-order valence-corrected chi connectivity index (χ4v) is 3.15. The topological polar surface area (TPSA) is 106 Å². The third-order valence-electron chi connectivity index (χ3n) is 3.83. The first kappa shape index (κ1) is 18.2. The van der Waals surface area contributed by atoms with E-state index in [1.165, 1.54) is 0 Å². The molecule has 0 atom stereocenters. The Hall–Kier alpha value is -2.62. The van der Waals surface area contributed by atoms with Gasteiger partial charge >= 0.3 is 0 Å². The first-order valence-electron chi connectivity index (χ1n) is 7.41. The van der Waals surface area contributed by atoms with Crippen LogP contribution in [-0.4, -0.2) is 18.7 Å². The van der Waals surface area contributed by atoms with Crippen molar-refractivity contribution >= 4 is 10.0 Å². The molecule has 3 N–H and O–H groups in total. The number of hydrogen-bond acceptors (Lipinski definition) is 5. The van der Waals surface area contributed by atoms with Crippen molar-refractivity contribution in [2.24, 2.45) is 5.14 Å². The van der Waals surface area contributed by atoms with E-state index < -0.39 is 33.2 Å². The molecule has 0 saturated heterocycles. The summed E-state index contributed by atoms with van der Waals surface area (Å²) in [6.07, 6.45) is 0. The molecule has 0 unspecified atom stereocenters. The van der Waals surface area contributed by atoms with Crippen LogP contribution in [0.15, 0.2) is 45.8 Å². The summed E-state index contributed by atoms with van der Waals surface area (Å²) in [6.45, 7) is 1.28. The highest BCUT2D eigenvalue weighted by molar-refractivity contribution is 7.89. The van der Waals surface area contributed by atoms with Gasteiger partial charge in [-0.25, -0.2) is 22.3 Å². The van der Waals surface area contributed by atoms with Gasteiger partial charge in [-0.1, -0.05) is 35.0 Å². The van der Waals surface area contributed by atoms with Gasteiger partial charge in [0, 0.05) is 11.1 Å². The molecule has 9 heteroatoms. The number of aryl methyl sites for hydroxylation is 1. The molecule has 0 bridgehead atoms. The fourth-order valence-electron chi connectivity index (χ4n) is 2.56. The van der Waals surface area contributed by atoms with E-state index in [1.54, 1.807) is 24.3 Å². The van der Waals surface area contributed by atoms with Gasteiger partial charge in [0.1, 0.15) is 28.8 Å². The lowest BCUT2D eigenvalue weighted by atomic mass is 9.98. The van der Waals surface area contributed by atoms with Crippen molar-refractivity contribution in [1.29, 1.82) is 0 Å². The molecule has 136 valence electrons. The quantitative estimate of drug-likeness (QED) is 0.724. The van der Waals surface area contributed by atoms with E-state index in [9.17, 15) is 22.3 Å². The number of aliphatic hydroxyl groups is 1. The highest BCUT2D eigenvalue weighted by atomic mass is 32.2. The molecule has 0 aliphatic carbocycles. The molecule has 1 aromatic heterocycles. The van der Waals surface area contributed by atoms with E-state index in [0.29, 0.717) is 17.7 Å². The Kier molecular flexibility index (Phi) is 4.61. The number of aromatic nitrogens is 1. The Bertz CT molecular complexity index is 1080. The van der Waals surface area contributed by atoms with Crippen molar-refractivity contribution in [2.45, 2.75) is 18.4 Å². The largest absolute Gasteiger partial charge is 0.388 e. The summed E-state index contributed by atoms with van der Waals surface area (Å²) in [4.78, 5) is -0.961. The van der Waals surface area contributed by atoms with Gasteiger partial charge < -0.3 is 9.63 Å². The lowest BCUT2D eigenvalue weighted by Crippen LogP contribution is -2.14. The molecular formula is C17H14F2N2O4S. The van der Waals surface area contributed by atoms with Crippen LogP contribution < -0.4 is 5.14 Å². The molecule has 3 aromatic rings. The monoisotopic (exact) mass is 380 g/mol. The number of aliphatic hydroxyl groups excluding tert-OH is 1. The Morgan fingerprint density at radius 1 is 1.15 bits per heavy atom. The molecule has 3 rings (SSSR count). The minimum atomic E-state index is -4.43. The van der Waals surface area contributed by atoms with Crippen LogP contribution in [0, 0.1) is 18.6 Å². The molecule has 0 aliphatic heterocycles. The van der Waals surface area contributed by atoms with E-state index in [1.807, 2.05) is 6.92 Å². The second kappa shape index (κ2) is 6.60. The minimum absolute atomic E-state index is 0.0359. The van der Waals surface area contributed by atoms with Crippen molar-refractivity contribution in [2.75, 3.05) is 0 Å². The number of hydrogen-bond donors (Lipinski definition) is 2. The van der Waals surface area contributed by atoms with Crippen LogP contribution in [0.3, 0.4) is 0 Å². The maximum atomic E-state index is 14.6. The number of rotatable bonds is 4. The van der Waals surface area contributed by atoms with E-state index in [0.717, 1.165) is 5.56 Å². The summed E-state index contributed by atoms with van der Waals surface area (Å²) in [5.74, 6) is -2.34. The highest BCUT2D eigenvalue weighted by Gasteiger charge is 2.25. The van der Waals surface area contributed by atoms with Crippen molar-refractivity contribution in [1.82, 2.24) is 5.16 Å². The number of nitrogens with zero attached hydrogens (tertiary/aromatic N) is 1. The zero-order valence-electron chi connectivity index (χ0n) is 13.5. The Morgan fingerprint density at radius 3 is 2.38 bits per heavy atom. The lowest BCUT2D eigenvalue weighted by Gasteiger charge is -2.08. The molecule has 0 saturated carbocycles. The average molecular weight is 380 g/mol. The molecule has 6 nitrogen and oxygen atoms in total. The number of sulfonamides is 1. The molecule has 0 aliphatic rings. The van der Waals surface area contributed by atoms with Crippen LogP contribution in [0.4, 0.5) is 8.78 Å². The molecule has 0 spiro atoms. The summed E-state index contributed by atoms with van der Waals surface area (Å²) < 4.78 is 56.5. The lowest BCUT2D eigenvalue weighted by molar-refractivity contribution is 0.230. The minimum Gasteiger partial charge on any atom is -0.388 e. The van der Waals surface area contributed by atoms with Crippen molar-refractivity contribution in [3.05, 3.63) is 59.4 Å². The molecule has 0 fully saturated rings. The third-order valence-corrected chi connectivity index (χ3v) is 4.75. The Balaban J connectivity index is 2.26. The molecular weight excluding hydrogens is 366 g/mol. The molecule has 0 amide bonds. The standard InChI is InChI=1S/C17H14F2N2O4S/c1-9-2-4-10(5-3-9)17-16(14(8-22)25-21-17)11-6-13(19)15(7-12(11)18)26(20,23)24/h2-7,22H,8H2,1H3,(H2,20,23,24). The number of primary sulfonamides is 1. The van der Waals surface area contributed by atoms with Crippen molar-refractivity contribution in [3.8, 4) is 22.4 Å². The van der Waals surface area contributed by atoms with Crippen LogP contribution in [-0.2, 0) is 16.6 Å². The van der Waals surface area contributed by atoms with Gasteiger partial charge in [0.25, 0.3) is 0 Å². The summed E-state index contributed by atoms with van der Waals surface area (Å²) in [7, 11) is -4.43. The Morgan fingerprint density at radius 2 is 1.81 bits per heavy atom. The van der Waals surface area contributed by atoms with E-state index in [2.05, 4.69) is 5.16 Å². The normalized spacial score (nSPS) is 11.7. The maximum absolute atomic E-state index is 14.6. The molecule has 26 heavy (non-hydrogen) atoms. The SMILES string of the molecule is Cc1ccc(-c2noc(CO)c2-c2cc(F)c(S(N)(=O)=O)cc2F)cc1. The van der Waals surface area contributed by atoms with Gasteiger partial charge in [-0.3, -0.25) is 0 Å². The number of halogens is 2. The van der Waals surface area contributed by atoms with Gasteiger partial charge in [-0.2, -0.15) is 0 Å². The molecule has 2 aromatic carbocycles. The number of benzene rings is 2. The van der Waals surface area contributed by atoms with Gasteiger partial charge in [0.2, 0.25) is 10.0 Å². The third kappa shape index (κ3) is 3.24. The van der Waals surface area contributed by atoms with Crippen LogP contribution in [0.25, 0.3) is 22.4 Å². The van der Waals surface area contributed by atoms with Crippen LogP contribution in [0.1, 0.15) is 11.3 Å². The maximum Gasteiger partial charge on any atom is 0.241 e. The Labute approximate surface area is 147 Å². The van der Waals surface area contributed by atoms with E-state index in [-0.39, 0.29) is 22.6 Å². The van der Waals surface area contributed by atoms with E-state index >= 15 is 0 Å². The van der Waals surface area contributed by atoms with Gasteiger partial charge in [-0.15, -0.1) is 0 Å². The van der Waals surface area contributed by atoms with Gasteiger partial charge in [0.05, 0.1) is 5.56 Å². The number of nitrogens with two attached hydrogens (primary N) is 1. The summed E-state index contributed by atoms with van der Waals surface area (Å²) >= 11 is 0. The zero-order chi connectivity index (χ0) is 19.1. The first-order chi connectivity index (χ1) is 12.2. The summed E-state index contributed by atoms with van der Waals surface area (Å²) in [5.41, 5.74) is 1.47. The zero-order valence-corrected chi connectivity index (χ0v) is 14.3. The van der Waals surface area contributed by atoms with Crippen molar-refractivity contribution < 1.29 is 26.8 Å². The predicted octanol–water partition coefficient (Wildman–Crippen LogP) is 2.73. The summed E-state index contributed by atoms with van der Waals surface area (Å²) in [5, 5.41) is 18.2. The predicted molar refractivity (Wildman–Crippen MR) is 89.3 cm³/mol. The second-order valence-corrected chi connectivity index (χ2v) is 7.19. The van der Waals surface area contributed by atoms with E-state index in [4.69, 9.17) is 9.66 Å². The molecule has 1 heterocycles. The smallest absolute Gasteiger partial charge is 0.241 e.